The fraction of sp³-hybridized carbons (Fsp3) is 0.100. The van der Waals surface area contributed by atoms with Gasteiger partial charge in [-0.05, 0) is 23.6 Å². The van der Waals surface area contributed by atoms with Crippen molar-refractivity contribution in [3.05, 3.63) is 162 Å². The van der Waals surface area contributed by atoms with Crippen LogP contribution < -0.4 is 0 Å². The number of phenolic OH excluding ortho intramolecular Hbond substituents is 3. The van der Waals surface area contributed by atoms with Crippen molar-refractivity contribution in [1.29, 1.82) is 0 Å². The Morgan fingerprint density at radius 2 is 0.795 bits per heavy atom. The number of phenols is 3. The fourth-order valence-electron chi connectivity index (χ4n) is 5.85. The van der Waals surface area contributed by atoms with Gasteiger partial charge in [0.15, 0.2) is 0 Å². The Kier molecular flexibility index (Phi) is 8.44. The monoisotopic (exact) mass is 577 g/mol. The first-order chi connectivity index (χ1) is 21.5. The van der Waals surface area contributed by atoms with Gasteiger partial charge in [0.2, 0.25) is 0 Å². The Labute approximate surface area is 258 Å². The first kappa shape index (κ1) is 28.8. The van der Waals surface area contributed by atoms with Gasteiger partial charge in [0.25, 0.3) is 0 Å². The third kappa shape index (κ3) is 5.94. The number of aromatic hydroxyl groups is 3. The summed E-state index contributed by atoms with van der Waals surface area (Å²) in [7, 11) is 0. The quantitative estimate of drug-likeness (QED) is 0.160. The van der Waals surface area contributed by atoms with Gasteiger partial charge in [0.1, 0.15) is 17.2 Å². The van der Waals surface area contributed by atoms with Gasteiger partial charge in [0.05, 0.1) is 0 Å². The highest BCUT2D eigenvalue weighted by Crippen LogP contribution is 2.41. The lowest BCUT2D eigenvalue weighted by molar-refractivity contribution is 0.185. The number of benzene rings is 6. The summed E-state index contributed by atoms with van der Waals surface area (Å²) in [5, 5.41) is 34.5. The van der Waals surface area contributed by atoms with Crippen molar-refractivity contribution >= 4 is 0 Å². The zero-order valence-electron chi connectivity index (χ0n) is 24.6. The molecule has 6 rings (SSSR count). The minimum atomic E-state index is -0.266. The molecule has 0 radical (unpaired) electrons. The Hall–Kier alpha value is -5.32. The van der Waals surface area contributed by atoms with Crippen LogP contribution in [0.2, 0.25) is 0 Å². The van der Waals surface area contributed by atoms with Gasteiger partial charge in [-0.15, -0.1) is 0 Å². The summed E-state index contributed by atoms with van der Waals surface area (Å²) in [6, 6.07) is 46.8. The van der Waals surface area contributed by atoms with Crippen LogP contribution >= 0.6 is 0 Å². The van der Waals surface area contributed by atoms with Crippen molar-refractivity contribution in [3.8, 4) is 50.6 Å². The van der Waals surface area contributed by atoms with Crippen LogP contribution in [0, 0.1) is 0 Å². The third-order valence-corrected chi connectivity index (χ3v) is 8.31. The van der Waals surface area contributed by atoms with E-state index in [1.807, 2.05) is 146 Å². The Balaban J connectivity index is 1.41. The van der Waals surface area contributed by atoms with Crippen LogP contribution in [0.15, 0.2) is 146 Å². The van der Waals surface area contributed by atoms with Crippen LogP contribution in [0.4, 0.5) is 0 Å². The molecule has 44 heavy (non-hydrogen) atoms. The standard InChI is InChI=1S/C40H35NO3/c1-28(34-22-13-25-37(40(34)44)31-18-9-4-10-19-31)41(26-32-20-11-23-35(38(32)42)29-14-5-2-6-15-29)27-33-21-12-24-36(39(33)43)30-16-7-3-8-17-30/h2-25,28,42-44H,26-27H2,1H3/t28-/m0/s1. The smallest absolute Gasteiger partial charge is 0.128 e. The molecule has 0 amide bonds. The highest BCUT2D eigenvalue weighted by molar-refractivity contribution is 5.74. The van der Waals surface area contributed by atoms with E-state index < -0.39 is 0 Å². The number of nitrogens with zero attached hydrogens (tertiary/aromatic N) is 1. The molecule has 0 aromatic heterocycles. The van der Waals surface area contributed by atoms with Gasteiger partial charge in [-0.25, -0.2) is 0 Å². The average molecular weight is 578 g/mol. The van der Waals surface area contributed by atoms with Crippen molar-refractivity contribution < 1.29 is 15.3 Å². The fourth-order valence-corrected chi connectivity index (χ4v) is 5.85. The van der Waals surface area contributed by atoms with Crippen LogP contribution in [0.25, 0.3) is 33.4 Å². The molecule has 4 heteroatoms. The summed E-state index contributed by atoms with van der Waals surface area (Å²) in [4.78, 5) is 2.18. The summed E-state index contributed by atoms with van der Waals surface area (Å²) in [6.07, 6.45) is 0. The van der Waals surface area contributed by atoms with E-state index in [1.54, 1.807) is 0 Å². The molecule has 1 atom stereocenters. The largest absolute Gasteiger partial charge is 0.507 e. The topological polar surface area (TPSA) is 63.9 Å². The second-order valence-electron chi connectivity index (χ2n) is 11.0. The van der Waals surface area contributed by atoms with E-state index in [4.69, 9.17) is 0 Å². The van der Waals surface area contributed by atoms with Gasteiger partial charge in [-0.1, -0.05) is 146 Å². The van der Waals surface area contributed by atoms with Gasteiger partial charge < -0.3 is 15.3 Å². The molecule has 0 fully saturated rings. The van der Waals surface area contributed by atoms with Gasteiger partial charge in [-0.3, -0.25) is 4.90 Å². The molecule has 0 aliphatic heterocycles. The molecule has 0 aliphatic carbocycles. The van der Waals surface area contributed by atoms with Gasteiger partial charge in [0, 0.05) is 52.5 Å². The average Bonchev–Trinajstić information content (AvgIpc) is 3.07. The zero-order chi connectivity index (χ0) is 30.5. The van der Waals surface area contributed by atoms with Crippen molar-refractivity contribution in [2.24, 2.45) is 0 Å². The van der Waals surface area contributed by atoms with Crippen molar-refractivity contribution in [2.45, 2.75) is 26.1 Å². The van der Waals surface area contributed by atoms with E-state index >= 15 is 0 Å². The molecule has 6 aromatic carbocycles. The van der Waals surface area contributed by atoms with Crippen molar-refractivity contribution in [2.75, 3.05) is 0 Å². The lowest BCUT2D eigenvalue weighted by atomic mass is 9.96. The molecule has 3 N–H and O–H groups in total. The van der Waals surface area contributed by atoms with Crippen molar-refractivity contribution in [3.63, 3.8) is 0 Å². The maximum atomic E-state index is 11.6. The molecule has 0 unspecified atom stereocenters. The Bertz CT molecular complexity index is 1760. The second-order valence-corrected chi connectivity index (χ2v) is 11.0. The number of hydrogen-bond donors (Lipinski definition) is 3. The molecular weight excluding hydrogens is 542 g/mol. The summed E-state index contributed by atoms with van der Waals surface area (Å²) in [6.45, 7) is 2.83. The van der Waals surface area contributed by atoms with E-state index in [9.17, 15) is 15.3 Å². The van der Waals surface area contributed by atoms with Crippen LogP contribution in [-0.4, -0.2) is 20.2 Å². The third-order valence-electron chi connectivity index (χ3n) is 8.31. The maximum Gasteiger partial charge on any atom is 0.128 e. The lowest BCUT2D eigenvalue weighted by Gasteiger charge is -2.31. The minimum Gasteiger partial charge on any atom is -0.507 e. The maximum absolute atomic E-state index is 11.6. The van der Waals surface area contributed by atoms with E-state index in [1.165, 1.54) is 0 Å². The molecule has 218 valence electrons. The number of para-hydroxylation sites is 3. The predicted molar refractivity (Wildman–Crippen MR) is 178 cm³/mol. The van der Waals surface area contributed by atoms with Gasteiger partial charge in [-0.2, -0.15) is 0 Å². The van der Waals surface area contributed by atoms with Crippen LogP contribution in [-0.2, 0) is 13.1 Å². The van der Waals surface area contributed by atoms with Crippen LogP contribution in [0.1, 0.15) is 29.7 Å². The molecule has 0 aliphatic rings. The molecule has 0 saturated carbocycles. The number of rotatable bonds is 9. The SMILES string of the molecule is C[C@@H](c1cccc(-c2ccccc2)c1O)N(Cc1cccc(-c2ccccc2)c1O)Cc1cccc(-c2ccccc2)c1O. The molecule has 0 heterocycles. The zero-order valence-corrected chi connectivity index (χ0v) is 24.6. The lowest BCUT2D eigenvalue weighted by Crippen LogP contribution is -2.26. The summed E-state index contributed by atoms with van der Waals surface area (Å²) < 4.78 is 0. The first-order valence-corrected chi connectivity index (χ1v) is 14.8. The van der Waals surface area contributed by atoms with Crippen LogP contribution in [0.5, 0.6) is 17.2 Å². The predicted octanol–water partition coefficient (Wildman–Crippen LogP) is 9.57. The van der Waals surface area contributed by atoms with E-state index in [2.05, 4.69) is 11.8 Å². The summed E-state index contributed by atoms with van der Waals surface area (Å²) in [5.41, 5.74) is 7.39. The number of hydrogen-bond acceptors (Lipinski definition) is 4. The highest BCUT2D eigenvalue weighted by atomic mass is 16.3. The summed E-state index contributed by atoms with van der Waals surface area (Å²) in [5.74, 6) is 0.668. The first-order valence-electron chi connectivity index (χ1n) is 14.8. The molecule has 4 nitrogen and oxygen atoms in total. The van der Waals surface area contributed by atoms with E-state index in [-0.39, 0.29) is 23.3 Å². The molecular formula is C40H35NO3. The minimum absolute atomic E-state index is 0.223. The van der Waals surface area contributed by atoms with Crippen molar-refractivity contribution in [1.82, 2.24) is 4.90 Å². The second kappa shape index (κ2) is 12.9. The highest BCUT2D eigenvalue weighted by Gasteiger charge is 2.24. The van der Waals surface area contributed by atoms with E-state index in [0.717, 1.165) is 50.1 Å². The van der Waals surface area contributed by atoms with E-state index in [0.29, 0.717) is 13.1 Å². The molecule has 6 aromatic rings. The molecule has 0 saturated heterocycles. The van der Waals surface area contributed by atoms with Gasteiger partial charge >= 0.3 is 0 Å². The normalized spacial score (nSPS) is 11.9. The molecule has 0 bridgehead atoms. The summed E-state index contributed by atoms with van der Waals surface area (Å²) >= 11 is 0. The molecule has 0 spiro atoms. The Morgan fingerprint density at radius 1 is 0.432 bits per heavy atom. The Morgan fingerprint density at radius 3 is 1.20 bits per heavy atom. The van der Waals surface area contributed by atoms with Crippen LogP contribution in [0.3, 0.4) is 0 Å².